The standard InChI is InChI=1S/C16H12N4O10S2/c17-8-1-2-10-7(3-8)4-13(32(28,29)30)14(15(10)21)19-18-11-5-9(31(25,26)27)6-12(16(11)22)20(23)24/h1-6,21-22H,17H2,(H,25,26,27)(H,28,29,30)/b19-18+. The molecule has 0 aliphatic heterocycles. The minimum absolute atomic E-state index is 0.0439. The van der Waals surface area contributed by atoms with Crippen molar-refractivity contribution in [1.29, 1.82) is 0 Å². The Morgan fingerprint density at radius 1 is 0.906 bits per heavy atom. The highest BCUT2D eigenvalue weighted by Gasteiger charge is 2.25. The summed E-state index contributed by atoms with van der Waals surface area (Å²) in [4.78, 5) is 7.98. The lowest BCUT2D eigenvalue weighted by Gasteiger charge is -2.09. The molecule has 0 atom stereocenters. The van der Waals surface area contributed by atoms with Gasteiger partial charge in [0, 0.05) is 17.1 Å². The Labute approximate surface area is 178 Å². The highest BCUT2D eigenvalue weighted by atomic mass is 32.2. The molecule has 0 fully saturated rings. The number of nitrogens with two attached hydrogens (primary N) is 1. The van der Waals surface area contributed by atoms with Gasteiger partial charge >= 0.3 is 5.69 Å². The number of nitro benzene ring substituents is 1. The SMILES string of the molecule is Nc1ccc2c(O)c(/N=N/c3cc(S(=O)(=O)O)cc([N+](=O)[O-])c3O)c(S(=O)(=O)O)cc2c1. The van der Waals surface area contributed by atoms with Gasteiger partial charge < -0.3 is 15.9 Å². The molecule has 6 N–H and O–H groups in total. The number of anilines is 1. The van der Waals surface area contributed by atoms with E-state index in [1.807, 2.05) is 0 Å². The normalized spacial score (nSPS) is 12.4. The third-order valence-corrected chi connectivity index (χ3v) is 5.85. The van der Waals surface area contributed by atoms with E-state index in [0.29, 0.717) is 12.1 Å². The number of azo groups is 1. The number of nitrogen functional groups attached to an aromatic ring is 1. The van der Waals surface area contributed by atoms with Crippen molar-refractivity contribution >= 4 is 53.8 Å². The number of fused-ring (bicyclic) bond motifs is 1. The van der Waals surface area contributed by atoms with Gasteiger partial charge in [-0.25, -0.2) is 0 Å². The smallest absolute Gasteiger partial charge is 0.314 e. The van der Waals surface area contributed by atoms with Crippen LogP contribution in [0.1, 0.15) is 0 Å². The van der Waals surface area contributed by atoms with Gasteiger partial charge in [-0.15, -0.1) is 10.2 Å². The Morgan fingerprint density at radius 2 is 1.56 bits per heavy atom. The first kappa shape index (κ1) is 22.8. The Balaban J connectivity index is 2.32. The van der Waals surface area contributed by atoms with Gasteiger partial charge in [-0.05, 0) is 35.7 Å². The Bertz CT molecular complexity index is 1530. The number of rotatable bonds is 5. The predicted octanol–water partition coefficient (Wildman–Crippen LogP) is 2.65. The molecule has 0 amide bonds. The summed E-state index contributed by atoms with van der Waals surface area (Å²) in [5, 5.41) is 38.6. The summed E-state index contributed by atoms with van der Waals surface area (Å²) in [6.45, 7) is 0. The molecule has 3 aromatic rings. The predicted molar refractivity (Wildman–Crippen MR) is 109 cm³/mol. The fourth-order valence-corrected chi connectivity index (χ4v) is 3.89. The van der Waals surface area contributed by atoms with Crippen molar-refractivity contribution in [2.24, 2.45) is 10.2 Å². The summed E-state index contributed by atoms with van der Waals surface area (Å²) in [6.07, 6.45) is 0. The fourth-order valence-electron chi connectivity index (χ4n) is 2.71. The first-order chi connectivity index (χ1) is 14.7. The van der Waals surface area contributed by atoms with Crippen molar-refractivity contribution in [3.63, 3.8) is 0 Å². The lowest BCUT2D eigenvalue weighted by atomic mass is 10.1. The molecule has 0 heterocycles. The van der Waals surface area contributed by atoms with Crippen LogP contribution in [0.5, 0.6) is 11.5 Å². The zero-order valence-electron chi connectivity index (χ0n) is 15.4. The van der Waals surface area contributed by atoms with E-state index in [4.69, 9.17) is 10.3 Å². The van der Waals surface area contributed by atoms with E-state index in [1.165, 1.54) is 18.2 Å². The number of nitrogens with zero attached hydrogens (tertiary/aromatic N) is 3. The highest BCUT2D eigenvalue weighted by Crippen LogP contribution is 2.44. The first-order valence-corrected chi connectivity index (χ1v) is 11.0. The van der Waals surface area contributed by atoms with E-state index in [1.54, 1.807) is 0 Å². The summed E-state index contributed by atoms with van der Waals surface area (Å²) in [6, 6.07) is 5.80. The highest BCUT2D eigenvalue weighted by molar-refractivity contribution is 7.86. The molecule has 0 spiro atoms. The van der Waals surface area contributed by atoms with Gasteiger partial charge in [0.1, 0.15) is 21.2 Å². The van der Waals surface area contributed by atoms with Gasteiger partial charge in [-0.2, -0.15) is 16.8 Å². The average Bonchev–Trinajstić information content (AvgIpc) is 2.65. The van der Waals surface area contributed by atoms with Crippen LogP contribution in [0.15, 0.2) is 56.4 Å². The molecule has 0 aromatic heterocycles. The van der Waals surface area contributed by atoms with Gasteiger partial charge in [0.25, 0.3) is 20.2 Å². The number of phenols is 2. The Hall–Kier alpha value is -3.86. The molecule has 0 saturated heterocycles. The Morgan fingerprint density at radius 3 is 2.12 bits per heavy atom. The van der Waals surface area contributed by atoms with E-state index in [-0.39, 0.29) is 16.5 Å². The van der Waals surface area contributed by atoms with Crippen LogP contribution in [-0.2, 0) is 20.2 Å². The molecule has 3 aromatic carbocycles. The van der Waals surface area contributed by atoms with Crippen molar-refractivity contribution in [3.05, 3.63) is 46.5 Å². The van der Waals surface area contributed by atoms with Crippen molar-refractivity contribution in [1.82, 2.24) is 0 Å². The van der Waals surface area contributed by atoms with Crippen LogP contribution in [0.2, 0.25) is 0 Å². The topological polar surface area (TPSA) is 243 Å². The number of benzene rings is 3. The van der Waals surface area contributed by atoms with Gasteiger partial charge in [-0.3, -0.25) is 19.2 Å². The van der Waals surface area contributed by atoms with Gasteiger partial charge in [0.15, 0.2) is 5.75 Å². The van der Waals surface area contributed by atoms with Crippen LogP contribution in [-0.4, -0.2) is 41.1 Å². The molecule has 0 unspecified atom stereocenters. The van der Waals surface area contributed by atoms with Crippen LogP contribution < -0.4 is 5.73 Å². The molecular formula is C16H12N4O10S2. The summed E-state index contributed by atoms with van der Waals surface area (Å²) >= 11 is 0. The fraction of sp³-hybridized carbons (Fsp3) is 0. The van der Waals surface area contributed by atoms with E-state index >= 15 is 0 Å². The second kappa shape index (κ2) is 7.68. The molecule has 0 radical (unpaired) electrons. The van der Waals surface area contributed by atoms with E-state index in [2.05, 4.69) is 10.2 Å². The second-order valence-electron chi connectivity index (χ2n) is 6.27. The van der Waals surface area contributed by atoms with E-state index in [9.17, 15) is 41.7 Å². The molecule has 0 aliphatic rings. The van der Waals surface area contributed by atoms with Crippen LogP contribution in [0.25, 0.3) is 10.8 Å². The lowest BCUT2D eigenvalue weighted by Crippen LogP contribution is -2.00. The minimum Gasteiger partial charge on any atom is -0.505 e. The maximum Gasteiger partial charge on any atom is 0.314 e. The van der Waals surface area contributed by atoms with Crippen LogP contribution in [0, 0.1) is 10.1 Å². The van der Waals surface area contributed by atoms with Crippen molar-refractivity contribution in [2.45, 2.75) is 9.79 Å². The van der Waals surface area contributed by atoms with Crippen molar-refractivity contribution in [3.8, 4) is 11.5 Å². The van der Waals surface area contributed by atoms with Crippen LogP contribution in [0.3, 0.4) is 0 Å². The number of hydrogen-bond acceptors (Lipinski definition) is 11. The minimum atomic E-state index is -4.99. The second-order valence-corrected chi connectivity index (χ2v) is 9.08. The third-order valence-electron chi connectivity index (χ3n) is 4.15. The molecule has 3 rings (SSSR count). The molecule has 0 bridgehead atoms. The van der Waals surface area contributed by atoms with Gasteiger partial charge in [0.2, 0.25) is 5.75 Å². The molecule has 0 saturated carbocycles. The summed E-state index contributed by atoms with van der Waals surface area (Å²) in [5.41, 5.74) is 3.01. The molecule has 14 nitrogen and oxygen atoms in total. The maximum atomic E-state index is 11.8. The van der Waals surface area contributed by atoms with E-state index < -0.39 is 63.5 Å². The number of phenolic OH excluding ortho intramolecular Hbond substituents is 2. The summed E-state index contributed by atoms with van der Waals surface area (Å²) < 4.78 is 65.0. The van der Waals surface area contributed by atoms with Crippen LogP contribution in [0.4, 0.5) is 22.7 Å². The molecule has 0 aliphatic carbocycles. The molecule has 32 heavy (non-hydrogen) atoms. The van der Waals surface area contributed by atoms with Crippen molar-refractivity contribution < 1.29 is 41.1 Å². The zero-order chi connectivity index (χ0) is 24.0. The summed E-state index contributed by atoms with van der Waals surface area (Å²) in [5.74, 6) is -1.94. The van der Waals surface area contributed by atoms with Crippen molar-refractivity contribution in [2.75, 3.05) is 5.73 Å². The third kappa shape index (κ3) is 4.28. The molecule has 16 heteroatoms. The number of hydrogen-bond donors (Lipinski definition) is 5. The van der Waals surface area contributed by atoms with E-state index in [0.717, 1.165) is 6.07 Å². The number of nitro groups is 1. The monoisotopic (exact) mass is 484 g/mol. The van der Waals surface area contributed by atoms with Gasteiger partial charge in [0.05, 0.1) is 4.92 Å². The van der Waals surface area contributed by atoms with Crippen LogP contribution >= 0.6 is 0 Å². The zero-order valence-corrected chi connectivity index (χ0v) is 17.1. The van der Waals surface area contributed by atoms with Gasteiger partial charge in [-0.1, -0.05) is 0 Å². The molecular weight excluding hydrogens is 472 g/mol. The molecule has 168 valence electrons. The Kier molecular flexibility index (Phi) is 5.48. The first-order valence-electron chi connectivity index (χ1n) is 8.13. The number of aromatic hydroxyl groups is 2. The maximum absolute atomic E-state index is 11.8. The largest absolute Gasteiger partial charge is 0.505 e. The quantitative estimate of drug-likeness (QED) is 0.116. The average molecular weight is 484 g/mol. The summed E-state index contributed by atoms with van der Waals surface area (Å²) in [7, 11) is -9.96. The lowest BCUT2D eigenvalue weighted by molar-refractivity contribution is -0.386.